The minimum absolute atomic E-state index is 0.0261. The van der Waals surface area contributed by atoms with Crippen molar-refractivity contribution in [2.75, 3.05) is 6.61 Å². The number of aliphatic hydroxyl groups is 1. The predicted molar refractivity (Wildman–Crippen MR) is 67.4 cm³/mol. The molecule has 0 spiro atoms. The van der Waals surface area contributed by atoms with Gasteiger partial charge in [-0.25, -0.2) is 0 Å². The Bertz CT molecular complexity index is 495. The van der Waals surface area contributed by atoms with E-state index in [4.69, 9.17) is 22.1 Å². The van der Waals surface area contributed by atoms with Gasteiger partial charge in [0.25, 0.3) is 0 Å². The Hall–Kier alpha value is -0.875. The van der Waals surface area contributed by atoms with Crippen molar-refractivity contribution in [2.45, 2.75) is 36.5 Å². The molecular weight excluding hydrogens is 243 g/mol. The van der Waals surface area contributed by atoms with Crippen LogP contribution in [0.4, 0.5) is 0 Å². The van der Waals surface area contributed by atoms with Gasteiger partial charge in [0.1, 0.15) is 13.4 Å². The van der Waals surface area contributed by atoms with Crippen LogP contribution in [0.5, 0.6) is 0 Å². The van der Waals surface area contributed by atoms with E-state index >= 15 is 0 Å². The topological polar surface area (TPSA) is 47.9 Å². The third-order valence-electron chi connectivity index (χ3n) is 4.54. The Labute approximate surface area is 113 Å². The van der Waals surface area contributed by atoms with Gasteiger partial charge in [0, 0.05) is 12.4 Å². The first-order chi connectivity index (χ1) is 9.19. The average Bonchev–Trinajstić information content (AvgIpc) is 2.52. The second-order valence-electron chi connectivity index (χ2n) is 5.63. The molecule has 1 saturated carbocycles. The van der Waals surface area contributed by atoms with E-state index in [0.29, 0.717) is 13.0 Å². The molecular formula is C14H15BO4. The predicted octanol–water partition coefficient (Wildman–Crippen LogP) is 0.574. The molecule has 0 bridgehead atoms. The lowest BCUT2D eigenvalue weighted by Crippen LogP contribution is -2.78. The summed E-state index contributed by atoms with van der Waals surface area (Å²) < 4.78 is 17.4. The molecule has 0 aromatic heterocycles. The van der Waals surface area contributed by atoms with E-state index in [2.05, 4.69) is 0 Å². The molecule has 5 unspecified atom stereocenters. The Kier molecular flexibility index (Phi) is 2.40. The molecule has 1 aromatic rings. The van der Waals surface area contributed by atoms with Gasteiger partial charge in [-0.2, -0.15) is 0 Å². The van der Waals surface area contributed by atoms with E-state index in [9.17, 15) is 5.11 Å². The van der Waals surface area contributed by atoms with Gasteiger partial charge >= 0.3 is 0 Å². The van der Waals surface area contributed by atoms with Gasteiger partial charge in [-0.05, 0) is 5.56 Å². The highest BCUT2D eigenvalue weighted by atomic mass is 16.8. The van der Waals surface area contributed by atoms with Crippen LogP contribution in [0.1, 0.15) is 12.0 Å². The van der Waals surface area contributed by atoms with Crippen molar-refractivity contribution in [3.8, 4) is 0 Å². The molecule has 2 saturated heterocycles. The summed E-state index contributed by atoms with van der Waals surface area (Å²) in [5, 5.41) is 9.51. The molecule has 2 radical (unpaired) electrons. The third-order valence-corrected chi connectivity index (χ3v) is 4.54. The van der Waals surface area contributed by atoms with Crippen molar-refractivity contribution >= 4 is 7.85 Å². The van der Waals surface area contributed by atoms with Gasteiger partial charge in [-0.3, -0.25) is 0 Å². The Morgan fingerprint density at radius 2 is 2.11 bits per heavy atom. The SMILES string of the molecule is [B]C1OC2(CO)CC3(OCc4ccccc4)OC1C23. The summed E-state index contributed by atoms with van der Waals surface area (Å²) in [6, 6.07) is 9.51. The van der Waals surface area contributed by atoms with Gasteiger partial charge in [0.05, 0.1) is 25.2 Å². The fourth-order valence-electron chi connectivity index (χ4n) is 3.65. The Morgan fingerprint density at radius 3 is 2.84 bits per heavy atom. The van der Waals surface area contributed by atoms with Gasteiger partial charge in [0.15, 0.2) is 5.79 Å². The molecule has 98 valence electrons. The molecule has 3 fully saturated rings. The number of aliphatic hydroxyl groups excluding tert-OH is 1. The second-order valence-corrected chi connectivity index (χ2v) is 5.63. The summed E-state index contributed by atoms with van der Waals surface area (Å²) in [5.41, 5.74) is 0.563. The first-order valence-electron chi connectivity index (χ1n) is 6.59. The van der Waals surface area contributed by atoms with Crippen LogP contribution in [-0.2, 0) is 20.8 Å². The highest BCUT2D eigenvalue weighted by molar-refractivity contribution is 6.12. The van der Waals surface area contributed by atoms with Crippen LogP contribution >= 0.6 is 0 Å². The van der Waals surface area contributed by atoms with Crippen LogP contribution in [0.3, 0.4) is 0 Å². The number of ether oxygens (including phenoxy) is 3. The molecule has 3 aliphatic rings. The quantitative estimate of drug-likeness (QED) is 0.802. The Balaban J connectivity index is 1.47. The van der Waals surface area contributed by atoms with Crippen LogP contribution in [0.15, 0.2) is 30.3 Å². The van der Waals surface area contributed by atoms with Crippen molar-refractivity contribution in [1.29, 1.82) is 0 Å². The minimum atomic E-state index is -0.600. The molecule has 19 heavy (non-hydrogen) atoms. The maximum atomic E-state index is 9.51. The van der Waals surface area contributed by atoms with E-state index in [1.54, 1.807) is 0 Å². The van der Waals surface area contributed by atoms with Crippen LogP contribution in [0.25, 0.3) is 0 Å². The Morgan fingerprint density at radius 1 is 1.32 bits per heavy atom. The summed E-state index contributed by atoms with van der Waals surface area (Å²) in [6.45, 7) is 0.475. The van der Waals surface area contributed by atoms with Gasteiger partial charge < -0.3 is 19.3 Å². The smallest absolute Gasteiger partial charge is 0.180 e. The standard InChI is InChI=1S/C14H15BO4/c15-12-10-11-13(8-16,19-12)7-14(11,18-10)17-6-9-4-2-1-3-5-9/h1-5,10-12,16H,6-8H2. The number of benzene rings is 1. The molecule has 5 atom stereocenters. The molecule has 5 heteroatoms. The minimum Gasteiger partial charge on any atom is -0.393 e. The van der Waals surface area contributed by atoms with E-state index in [0.717, 1.165) is 5.56 Å². The summed E-state index contributed by atoms with van der Waals surface area (Å²) in [6.07, 6.45) is 0.412. The number of hydrogen-bond acceptors (Lipinski definition) is 4. The van der Waals surface area contributed by atoms with Crippen LogP contribution in [0.2, 0.25) is 0 Å². The third kappa shape index (κ3) is 1.44. The zero-order chi connectivity index (χ0) is 13.1. The van der Waals surface area contributed by atoms with Gasteiger partial charge in [-0.1, -0.05) is 30.3 Å². The fourth-order valence-corrected chi connectivity index (χ4v) is 3.65. The van der Waals surface area contributed by atoms with E-state index in [-0.39, 0.29) is 18.6 Å². The summed E-state index contributed by atoms with van der Waals surface area (Å²) >= 11 is 0. The van der Waals surface area contributed by atoms with Crippen LogP contribution in [0, 0.1) is 5.92 Å². The van der Waals surface area contributed by atoms with Crippen molar-refractivity contribution in [1.82, 2.24) is 0 Å². The monoisotopic (exact) mass is 258 g/mol. The highest BCUT2D eigenvalue weighted by Crippen LogP contribution is 2.67. The van der Waals surface area contributed by atoms with Crippen molar-refractivity contribution in [3.05, 3.63) is 35.9 Å². The molecule has 2 heterocycles. The molecule has 2 aliphatic heterocycles. The first kappa shape index (κ1) is 11.9. The fraction of sp³-hybridized carbons (Fsp3) is 0.571. The summed E-state index contributed by atoms with van der Waals surface area (Å²) in [4.78, 5) is 0. The highest BCUT2D eigenvalue weighted by Gasteiger charge is 2.81. The van der Waals surface area contributed by atoms with Crippen molar-refractivity contribution < 1.29 is 19.3 Å². The van der Waals surface area contributed by atoms with Crippen LogP contribution < -0.4 is 0 Å². The molecule has 0 amide bonds. The molecule has 4 nitrogen and oxygen atoms in total. The second kappa shape index (κ2) is 3.82. The average molecular weight is 258 g/mol. The first-order valence-corrected chi connectivity index (χ1v) is 6.59. The lowest BCUT2D eigenvalue weighted by molar-refractivity contribution is -0.450. The molecule has 1 aromatic carbocycles. The lowest BCUT2D eigenvalue weighted by atomic mass is 9.58. The van der Waals surface area contributed by atoms with Gasteiger partial charge in [0.2, 0.25) is 0 Å². The van der Waals surface area contributed by atoms with Crippen LogP contribution in [-0.4, -0.2) is 43.1 Å². The number of rotatable bonds is 4. The lowest BCUT2D eigenvalue weighted by Gasteiger charge is -2.65. The van der Waals surface area contributed by atoms with E-state index in [1.807, 2.05) is 30.3 Å². The number of hydrogen-bond donors (Lipinski definition) is 1. The van der Waals surface area contributed by atoms with E-state index < -0.39 is 17.4 Å². The molecule has 4 rings (SSSR count). The normalized spacial score (nSPS) is 46.3. The zero-order valence-corrected chi connectivity index (χ0v) is 10.5. The summed E-state index contributed by atoms with van der Waals surface area (Å²) in [5.74, 6) is -0.541. The maximum absolute atomic E-state index is 9.51. The largest absolute Gasteiger partial charge is 0.393 e. The van der Waals surface area contributed by atoms with Gasteiger partial charge in [-0.15, -0.1) is 0 Å². The maximum Gasteiger partial charge on any atom is 0.180 e. The van der Waals surface area contributed by atoms with E-state index in [1.165, 1.54) is 0 Å². The van der Waals surface area contributed by atoms with Crippen molar-refractivity contribution in [3.63, 3.8) is 0 Å². The molecule has 1 aliphatic carbocycles. The summed E-state index contributed by atoms with van der Waals surface area (Å²) in [7, 11) is 5.85. The van der Waals surface area contributed by atoms with Crippen molar-refractivity contribution in [2.24, 2.45) is 5.92 Å². The molecule has 1 N–H and O–H groups in total. The zero-order valence-electron chi connectivity index (χ0n) is 10.5.